The van der Waals surface area contributed by atoms with Gasteiger partial charge in [-0.15, -0.1) is 0 Å². The molecule has 0 aromatic carbocycles. The molecule has 6 heteroatoms. The van der Waals surface area contributed by atoms with Gasteiger partial charge in [0, 0.05) is 0 Å². The Morgan fingerprint density at radius 3 is 1.50 bits per heavy atom. The summed E-state index contributed by atoms with van der Waals surface area (Å²) in [5.41, 5.74) is 0. The van der Waals surface area contributed by atoms with Gasteiger partial charge >= 0.3 is 58.2 Å². The zero-order chi connectivity index (χ0) is 4.50. The Balaban J connectivity index is 0. The molecular weight excluding hydrogens is 150 g/mol. The van der Waals surface area contributed by atoms with Gasteiger partial charge in [0.1, 0.15) is 0 Å². The van der Waals surface area contributed by atoms with E-state index in [1.165, 1.54) is 0 Å². The maximum atomic E-state index is 9.19. The van der Waals surface area contributed by atoms with Crippen LogP contribution < -0.4 is 0 Å². The average molecular weight is 154 g/mol. The summed E-state index contributed by atoms with van der Waals surface area (Å²) in [5.74, 6) is 0. The fourth-order valence-corrected chi connectivity index (χ4v) is 0. The van der Waals surface area contributed by atoms with Crippen molar-refractivity contribution < 1.29 is 14.4 Å². The average Bonchev–Trinajstić information content (AvgIpc) is 0.722. The van der Waals surface area contributed by atoms with Crippen molar-refractivity contribution in [3.63, 3.8) is 0 Å². The van der Waals surface area contributed by atoms with Crippen LogP contribution in [0.2, 0.25) is 0 Å². The van der Waals surface area contributed by atoms with E-state index in [1.807, 2.05) is 0 Å². The van der Waals surface area contributed by atoms with Crippen molar-refractivity contribution >= 4 is 70.4 Å². The molecule has 0 aromatic rings. The van der Waals surface area contributed by atoms with Crippen LogP contribution in [-0.2, 0) is 4.57 Å². The van der Waals surface area contributed by atoms with E-state index in [9.17, 15) is 4.57 Å². The first-order valence-corrected chi connectivity index (χ1v) is 3.55. The van der Waals surface area contributed by atoms with E-state index in [4.69, 9.17) is 9.79 Å². The molecule has 6 heavy (non-hydrogen) atoms. The predicted octanol–water partition coefficient (Wildman–Crippen LogP) is -0.640. The Morgan fingerprint density at radius 2 is 1.50 bits per heavy atom. The number of thiol groups is 1. The van der Waals surface area contributed by atoms with Gasteiger partial charge < -0.3 is 9.79 Å². The molecule has 0 spiro atoms. The summed E-state index contributed by atoms with van der Waals surface area (Å²) in [4.78, 5) is 15.0. The molecule has 0 saturated carbocycles. The topological polar surface area (TPSA) is 57.5 Å². The van der Waals surface area contributed by atoms with Crippen LogP contribution in [-0.4, -0.2) is 61.2 Å². The number of hydrogen-bond donors (Lipinski definition) is 3. The molecule has 2 N–H and O–H groups in total. The summed E-state index contributed by atoms with van der Waals surface area (Å²) in [6.45, 7) is -3.94. The zero-order valence-electron chi connectivity index (χ0n) is 2.20. The van der Waals surface area contributed by atoms with Crippen LogP contribution >= 0.6 is 19.0 Å². The van der Waals surface area contributed by atoms with Gasteiger partial charge in [-0.1, -0.05) is 12.2 Å². The molecule has 0 atom stereocenters. The van der Waals surface area contributed by atoms with Crippen molar-refractivity contribution in [2.75, 3.05) is 0 Å². The molecule has 0 saturated heterocycles. The summed E-state index contributed by atoms with van der Waals surface area (Å²) in [6, 6.07) is 0. The quantitative estimate of drug-likeness (QED) is 0.247. The van der Waals surface area contributed by atoms with Gasteiger partial charge in [-0.05, 0) is 0 Å². The summed E-state index contributed by atoms with van der Waals surface area (Å²) < 4.78 is 9.19. The molecule has 0 radical (unpaired) electrons. The molecule has 0 fully saturated rings. The van der Waals surface area contributed by atoms with E-state index in [0.29, 0.717) is 0 Å². The summed E-state index contributed by atoms with van der Waals surface area (Å²) in [5, 5.41) is 0. The SMILES string of the molecule is O=P(O)(O)S.[KH]. The first-order valence-electron chi connectivity index (χ1n) is 0.783. The molecule has 0 aromatic heterocycles. The van der Waals surface area contributed by atoms with E-state index in [0.717, 1.165) is 0 Å². The van der Waals surface area contributed by atoms with Gasteiger partial charge in [0.05, 0.1) is 0 Å². The molecular formula is H4KO3PS. The second-order valence-electron chi connectivity index (χ2n) is 0.513. The molecule has 0 aliphatic rings. The van der Waals surface area contributed by atoms with Crippen LogP contribution in [0.3, 0.4) is 0 Å². The van der Waals surface area contributed by atoms with Crippen LogP contribution in [0.15, 0.2) is 0 Å². The molecule has 0 heterocycles. The molecule has 0 aliphatic carbocycles. The Kier molecular flexibility index (Phi) is 7.44. The van der Waals surface area contributed by atoms with Crippen molar-refractivity contribution in [3.8, 4) is 0 Å². The van der Waals surface area contributed by atoms with Gasteiger partial charge in [0.15, 0.2) is 0 Å². The van der Waals surface area contributed by atoms with Gasteiger partial charge in [-0.25, -0.2) is 4.57 Å². The van der Waals surface area contributed by atoms with Gasteiger partial charge in [-0.2, -0.15) is 0 Å². The third-order valence-corrected chi connectivity index (χ3v) is 0. The van der Waals surface area contributed by atoms with E-state index in [1.54, 1.807) is 0 Å². The van der Waals surface area contributed by atoms with E-state index < -0.39 is 6.80 Å². The predicted molar refractivity (Wildman–Crippen MR) is 28.2 cm³/mol. The van der Waals surface area contributed by atoms with Crippen LogP contribution in [0.25, 0.3) is 0 Å². The molecule has 3 nitrogen and oxygen atoms in total. The van der Waals surface area contributed by atoms with Gasteiger partial charge in [0.2, 0.25) is 0 Å². The fraction of sp³-hybridized carbons (Fsp3) is 0. The van der Waals surface area contributed by atoms with Crippen LogP contribution in [0, 0.1) is 0 Å². The van der Waals surface area contributed by atoms with Crippen LogP contribution in [0.5, 0.6) is 0 Å². The third-order valence-electron chi connectivity index (χ3n) is 0. The first-order chi connectivity index (χ1) is 2.00. The third kappa shape index (κ3) is 35.5. The van der Waals surface area contributed by atoms with E-state index in [2.05, 4.69) is 12.2 Å². The summed E-state index contributed by atoms with van der Waals surface area (Å²) in [6.07, 6.45) is 0. The molecule has 0 rings (SSSR count). The van der Waals surface area contributed by atoms with Crippen LogP contribution in [0.1, 0.15) is 0 Å². The molecule has 0 bridgehead atoms. The van der Waals surface area contributed by atoms with Crippen molar-refractivity contribution in [1.29, 1.82) is 0 Å². The van der Waals surface area contributed by atoms with Gasteiger partial charge in [-0.3, -0.25) is 0 Å². The van der Waals surface area contributed by atoms with E-state index in [-0.39, 0.29) is 51.4 Å². The summed E-state index contributed by atoms with van der Waals surface area (Å²) >= 11 is 2.79. The van der Waals surface area contributed by atoms with Crippen LogP contribution in [0.4, 0.5) is 0 Å². The standard InChI is InChI=1S/K.H3O3PS.H/c;1-4(2,3)5;/h;(H3,1,2,3,5);. The fourth-order valence-electron chi connectivity index (χ4n) is 0. The Morgan fingerprint density at radius 1 is 1.50 bits per heavy atom. The van der Waals surface area contributed by atoms with Gasteiger partial charge in [0.25, 0.3) is 0 Å². The number of rotatable bonds is 0. The number of hydrogen-bond acceptors (Lipinski definition) is 1. The molecule has 0 aliphatic heterocycles. The minimum absolute atomic E-state index is 0. The normalized spacial score (nSPS) is 9.83. The van der Waals surface area contributed by atoms with Crippen molar-refractivity contribution in [3.05, 3.63) is 0 Å². The minimum atomic E-state index is -3.94. The maximum absolute atomic E-state index is 9.19. The van der Waals surface area contributed by atoms with Crippen molar-refractivity contribution in [2.24, 2.45) is 0 Å². The zero-order valence-corrected chi connectivity index (χ0v) is 3.99. The summed E-state index contributed by atoms with van der Waals surface area (Å²) in [7, 11) is 0. The van der Waals surface area contributed by atoms with Crippen molar-refractivity contribution in [2.45, 2.75) is 0 Å². The Bertz CT molecular complexity index is 56.9. The molecule has 0 amide bonds. The van der Waals surface area contributed by atoms with Crippen molar-refractivity contribution in [1.82, 2.24) is 0 Å². The van der Waals surface area contributed by atoms with E-state index >= 15 is 0 Å². The molecule has 0 unspecified atom stereocenters. The second kappa shape index (κ2) is 4.06. The Hall–Kier alpha value is 2.14. The first kappa shape index (κ1) is 11.0. The Labute approximate surface area is 83.3 Å². The monoisotopic (exact) mass is 154 g/mol. The molecule has 34 valence electrons. The second-order valence-corrected chi connectivity index (χ2v) is 3.10.